The topological polar surface area (TPSA) is 152 Å². The van der Waals surface area contributed by atoms with Crippen LogP contribution in [-0.2, 0) is 19.2 Å². The van der Waals surface area contributed by atoms with E-state index in [1.54, 1.807) is 0 Å². The second-order valence-corrected chi connectivity index (χ2v) is 12.1. The third-order valence-electron chi connectivity index (χ3n) is 8.67. The standard InChI is InChI=1S/C25H34F3N5O5/c1-24(2,3)19(32-23(38)25(26,27)28)22(37)33-10-15-12-7-14(16(34)8-12)17(15)18(33)21(36)31-13(9-29)6-11-4-5-30-20(11)35/h11-19,34H,4-8,10H2,1-3H3,(H,30,35)(H,31,36)(H,32,38)/t11-,12-,13-,14+,15+,16+,17-,18-,19+/m0/s1. The molecule has 4 rings (SSSR count). The van der Waals surface area contributed by atoms with Crippen molar-refractivity contribution in [2.24, 2.45) is 35.0 Å². The van der Waals surface area contributed by atoms with Crippen molar-refractivity contribution >= 4 is 23.6 Å². The number of carbonyl (C=O) groups is 4. The number of hydrogen-bond donors (Lipinski definition) is 4. The summed E-state index contributed by atoms with van der Waals surface area (Å²) in [7, 11) is 0. The average Bonchev–Trinajstić information content (AvgIpc) is 3.56. The molecule has 2 bridgehead atoms. The van der Waals surface area contributed by atoms with Gasteiger partial charge in [0.2, 0.25) is 17.7 Å². The van der Waals surface area contributed by atoms with E-state index in [4.69, 9.17) is 0 Å². The van der Waals surface area contributed by atoms with Gasteiger partial charge in [-0.25, -0.2) is 0 Å². The fourth-order valence-electron chi connectivity index (χ4n) is 6.90. The summed E-state index contributed by atoms with van der Waals surface area (Å²) in [6.07, 6.45) is -4.05. The van der Waals surface area contributed by atoms with Gasteiger partial charge in [-0.1, -0.05) is 20.8 Å². The SMILES string of the molecule is CC(C)(C)[C@H](NC(=O)C(F)(F)F)C(=O)N1C[C@@H]2[C@H]3C[C@@H]([C@@H]2[C@H]1C(=O)N[C@H](C#N)C[C@@H]1CCNC1=O)[C@H](O)C3. The number of carbonyl (C=O) groups excluding carboxylic acids is 4. The molecule has 0 radical (unpaired) electrons. The molecular weight excluding hydrogens is 507 g/mol. The van der Waals surface area contributed by atoms with Gasteiger partial charge in [0.1, 0.15) is 18.1 Å². The van der Waals surface area contributed by atoms with Crippen LogP contribution in [0.5, 0.6) is 0 Å². The van der Waals surface area contributed by atoms with Gasteiger partial charge < -0.3 is 26.0 Å². The van der Waals surface area contributed by atoms with Gasteiger partial charge in [-0.2, -0.15) is 18.4 Å². The molecule has 2 saturated carbocycles. The lowest BCUT2D eigenvalue weighted by Gasteiger charge is -2.37. The fraction of sp³-hybridized carbons (Fsp3) is 0.800. The van der Waals surface area contributed by atoms with E-state index in [1.165, 1.54) is 25.7 Å². The van der Waals surface area contributed by atoms with Crippen molar-refractivity contribution < 1.29 is 37.5 Å². The van der Waals surface area contributed by atoms with E-state index >= 15 is 0 Å². The molecule has 0 aromatic heterocycles. The van der Waals surface area contributed by atoms with Crippen LogP contribution in [0.15, 0.2) is 0 Å². The highest BCUT2D eigenvalue weighted by atomic mass is 19.4. The number of fused-ring (bicyclic) bond motifs is 5. The van der Waals surface area contributed by atoms with Gasteiger partial charge in [0.25, 0.3) is 0 Å². The van der Waals surface area contributed by atoms with Crippen molar-refractivity contribution in [3.8, 4) is 6.07 Å². The van der Waals surface area contributed by atoms with Crippen molar-refractivity contribution in [1.29, 1.82) is 5.26 Å². The molecule has 2 saturated heterocycles. The number of alkyl halides is 3. The lowest BCUT2D eigenvalue weighted by atomic mass is 9.76. The van der Waals surface area contributed by atoms with Gasteiger partial charge in [0.15, 0.2) is 0 Å². The zero-order valence-corrected chi connectivity index (χ0v) is 21.5. The summed E-state index contributed by atoms with van der Waals surface area (Å²) in [4.78, 5) is 52.4. The molecule has 4 amide bonds. The molecule has 38 heavy (non-hydrogen) atoms. The van der Waals surface area contributed by atoms with E-state index in [0.29, 0.717) is 25.8 Å². The maximum Gasteiger partial charge on any atom is 0.471 e. The van der Waals surface area contributed by atoms with E-state index in [0.717, 1.165) is 0 Å². The Labute approximate surface area is 218 Å². The molecule has 4 aliphatic rings. The van der Waals surface area contributed by atoms with E-state index in [1.807, 2.05) is 11.4 Å². The van der Waals surface area contributed by atoms with Crippen LogP contribution in [0.4, 0.5) is 13.2 Å². The number of halogens is 3. The highest BCUT2D eigenvalue weighted by Gasteiger charge is 2.63. The summed E-state index contributed by atoms with van der Waals surface area (Å²) in [5, 5.41) is 27.4. The number of likely N-dealkylation sites (tertiary alicyclic amines) is 1. The second kappa shape index (κ2) is 10.0. The molecule has 4 N–H and O–H groups in total. The van der Waals surface area contributed by atoms with E-state index in [9.17, 15) is 42.7 Å². The van der Waals surface area contributed by atoms with Crippen LogP contribution in [0, 0.1) is 46.3 Å². The quantitative estimate of drug-likeness (QED) is 0.384. The van der Waals surface area contributed by atoms with Gasteiger partial charge in [-0.05, 0) is 54.8 Å². The maximum absolute atomic E-state index is 13.8. The van der Waals surface area contributed by atoms with Crippen molar-refractivity contribution in [2.75, 3.05) is 13.1 Å². The molecule has 0 aromatic rings. The van der Waals surface area contributed by atoms with Crippen LogP contribution >= 0.6 is 0 Å². The molecule has 2 aliphatic carbocycles. The summed E-state index contributed by atoms with van der Waals surface area (Å²) >= 11 is 0. The summed E-state index contributed by atoms with van der Waals surface area (Å²) in [6, 6.07) is -1.72. The van der Waals surface area contributed by atoms with Crippen LogP contribution in [-0.4, -0.2) is 77.1 Å². The van der Waals surface area contributed by atoms with Gasteiger partial charge in [0.05, 0.1) is 12.2 Å². The first-order valence-corrected chi connectivity index (χ1v) is 13.0. The van der Waals surface area contributed by atoms with Crippen LogP contribution in [0.1, 0.15) is 46.5 Å². The third kappa shape index (κ3) is 5.19. The lowest BCUT2D eigenvalue weighted by molar-refractivity contribution is -0.176. The van der Waals surface area contributed by atoms with Crippen LogP contribution in [0.2, 0.25) is 0 Å². The van der Waals surface area contributed by atoms with Gasteiger partial charge in [-0.15, -0.1) is 0 Å². The minimum absolute atomic E-state index is 0.0555. The molecule has 9 atom stereocenters. The minimum atomic E-state index is -5.20. The van der Waals surface area contributed by atoms with Gasteiger partial charge >= 0.3 is 12.1 Å². The number of nitrogens with zero attached hydrogens (tertiary/aromatic N) is 2. The first kappa shape index (κ1) is 28.1. The number of rotatable bonds is 6. The van der Waals surface area contributed by atoms with Crippen LogP contribution in [0.3, 0.4) is 0 Å². The van der Waals surface area contributed by atoms with Crippen LogP contribution in [0.25, 0.3) is 0 Å². The van der Waals surface area contributed by atoms with E-state index < -0.39 is 65.4 Å². The number of aliphatic hydroxyl groups is 1. The highest BCUT2D eigenvalue weighted by Crippen LogP contribution is 2.57. The Bertz CT molecular complexity index is 1040. The molecular formula is C25H34F3N5O5. The average molecular weight is 542 g/mol. The number of nitriles is 1. The number of aliphatic hydroxyl groups excluding tert-OH is 1. The Morgan fingerprint density at radius 3 is 2.42 bits per heavy atom. The first-order chi connectivity index (χ1) is 17.6. The van der Waals surface area contributed by atoms with Gasteiger partial charge in [0, 0.05) is 19.0 Å². The smallest absolute Gasteiger partial charge is 0.393 e. The first-order valence-electron chi connectivity index (χ1n) is 13.0. The van der Waals surface area contributed by atoms with E-state index in [2.05, 4.69) is 10.6 Å². The summed E-state index contributed by atoms with van der Waals surface area (Å²) in [5.74, 6) is -5.14. The molecule has 0 spiro atoms. The Balaban J connectivity index is 1.60. The molecule has 13 heteroatoms. The third-order valence-corrected chi connectivity index (χ3v) is 8.67. The normalized spacial score (nSPS) is 33.8. The Morgan fingerprint density at radius 1 is 1.18 bits per heavy atom. The van der Waals surface area contributed by atoms with Crippen molar-refractivity contribution in [3.05, 3.63) is 0 Å². The summed E-state index contributed by atoms with van der Waals surface area (Å²) in [5.41, 5.74) is -1.11. The minimum Gasteiger partial charge on any atom is -0.393 e. The molecule has 210 valence electrons. The van der Waals surface area contributed by atoms with Crippen molar-refractivity contribution in [3.63, 3.8) is 0 Å². The lowest BCUT2D eigenvalue weighted by Crippen LogP contribution is -2.60. The van der Waals surface area contributed by atoms with Crippen molar-refractivity contribution in [2.45, 2.75) is 76.9 Å². The molecule has 2 heterocycles. The van der Waals surface area contributed by atoms with Crippen LogP contribution < -0.4 is 16.0 Å². The van der Waals surface area contributed by atoms with Gasteiger partial charge in [-0.3, -0.25) is 19.2 Å². The van der Waals surface area contributed by atoms with Crippen molar-refractivity contribution in [1.82, 2.24) is 20.9 Å². The number of nitrogens with one attached hydrogen (secondary N) is 3. The zero-order chi connectivity index (χ0) is 28.2. The summed E-state index contributed by atoms with van der Waals surface area (Å²) in [6.45, 7) is 5.13. The summed E-state index contributed by atoms with van der Waals surface area (Å²) < 4.78 is 39.2. The Morgan fingerprint density at radius 2 is 1.87 bits per heavy atom. The Kier molecular flexibility index (Phi) is 7.42. The predicted molar refractivity (Wildman–Crippen MR) is 125 cm³/mol. The molecule has 0 aromatic carbocycles. The van der Waals surface area contributed by atoms with E-state index in [-0.39, 0.29) is 36.6 Å². The largest absolute Gasteiger partial charge is 0.471 e. The monoisotopic (exact) mass is 541 g/mol. The predicted octanol–water partition coefficient (Wildman–Crippen LogP) is 0.458. The zero-order valence-electron chi connectivity index (χ0n) is 21.5. The molecule has 2 aliphatic heterocycles. The molecule has 0 unspecified atom stereocenters. The Hall–Kier alpha value is -2.88. The fourth-order valence-corrected chi connectivity index (χ4v) is 6.90. The number of amides is 4. The molecule has 10 nitrogen and oxygen atoms in total. The second-order valence-electron chi connectivity index (χ2n) is 12.1. The maximum atomic E-state index is 13.8. The molecule has 4 fully saturated rings. The highest BCUT2D eigenvalue weighted by molar-refractivity contribution is 5.94. The number of hydrogen-bond acceptors (Lipinski definition) is 6.